The first-order valence-electron chi connectivity index (χ1n) is 22.7. The highest BCUT2D eigenvalue weighted by molar-refractivity contribution is 7.25. The lowest BCUT2D eigenvalue weighted by atomic mass is 9.78. The van der Waals surface area contributed by atoms with Gasteiger partial charge in [-0.25, -0.2) is 0 Å². The summed E-state index contributed by atoms with van der Waals surface area (Å²) in [5.41, 5.74) is 16.5. The highest BCUT2D eigenvalue weighted by Gasteiger charge is 2.24. The second-order valence-corrected chi connectivity index (χ2v) is 23.9. The van der Waals surface area contributed by atoms with Crippen molar-refractivity contribution >= 4 is 53.1 Å². The molecule has 0 bridgehead atoms. The van der Waals surface area contributed by atoms with Crippen LogP contribution in [0.5, 0.6) is 0 Å². The van der Waals surface area contributed by atoms with Crippen molar-refractivity contribution in [2.24, 2.45) is 0 Å². The van der Waals surface area contributed by atoms with Gasteiger partial charge in [-0.05, 0) is 158 Å². The minimum absolute atomic E-state index is 0.0633. The Labute approximate surface area is 371 Å². The molecule has 1 aromatic heterocycles. The predicted octanol–water partition coefficient (Wildman–Crippen LogP) is 18.8. The van der Waals surface area contributed by atoms with Crippen LogP contribution in [0.25, 0.3) is 75.1 Å². The second kappa shape index (κ2) is 15.0. The average molecular weight is 821 g/mol. The third kappa shape index (κ3) is 8.09. The van der Waals surface area contributed by atoms with Crippen molar-refractivity contribution in [2.75, 3.05) is 0 Å². The number of hydrogen-bond acceptors (Lipinski definition) is 1. The summed E-state index contributed by atoms with van der Waals surface area (Å²) in [7, 11) is 0. The fourth-order valence-corrected chi connectivity index (χ4v) is 10.4. The highest BCUT2D eigenvalue weighted by Crippen LogP contribution is 2.45. The summed E-state index contributed by atoms with van der Waals surface area (Å²) in [6.07, 6.45) is 0. The van der Waals surface area contributed by atoms with Crippen molar-refractivity contribution in [3.63, 3.8) is 0 Å². The second-order valence-electron chi connectivity index (χ2n) is 22.8. The van der Waals surface area contributed by atoms with E-state index in [-0.39, 0.29) is 21.7 Å². The fourth-order valence-electron chi connectivity index (χ4n) is 9.35. The first-order chi connectivity index (χ1) is 28.4. The lowest BCUT2D eigenvalue weighted by molar-refractivity contribution is 0.568. The summed E-state index contributed by atoms with van der Waals surface area (Å²) in [4.78, 5) is 0. The monoisotopic (exact) mass is 821 g/mol. The van der Waals surface area contributed by atoms with Crippen molar-refractivity contribution < 1.29 is 0 Å². The Balaban J connectivity index is 1.28. The standard InChI is InChI=1S/C60H68S/c1-35(2)55-48-22-18-39(41-25-43(57(5,6)7)33-44(26-41)58(8,9)10)32-52(48)56(36(3)4)47-21-17-37(31-51(47)55)38-19-23-53-49(29-38)50-30-40(20-24-54(50)61-53)42-27-45(59(11,12)13)34-46(28-42)60(14,15)16/h17-36H,1-16H3. The molecule has 0 radical (unpaired) electrons. The molecule has 0 atom stereocenters. The maximum atomic E-state index is 2.51. The van der Waals surface area contributed by atoms with E-state index in [0.717, 1.165) is 0 Å². The Kier molecular flexibility index (Phi) is 10.5. The van der Waals surface area contributed by atoms with Gasteiger partial charge in [0.05, 0.1) is 0 Å². The molecule has 1 heterocycles. The average Bonchev–Trinajstić information content (AvgIpc) is 3.54. The Hall–Kier alpha value is -4.72. The van der Waals surface area contributed by atoms with Gasteiger partial charge < -0.3 is 0 Å². The van der Waals surface area contributed by atoms with E-state index in [9.17, 15) is 0 Å². The summed E-state index contributed by atoms with van der Waals surface area (Å²) in [5.74, 6) is 0.728. The number of rotatable bonds is 5. The Morgan fingerprint density at radius 2 is 0.574 bits per heavy atom. The normalized spacial score (nSPS) is 13.2. The molecular formula is C60H68S. The van der Waals surface area contributed by atoms with Crippen molar-refractivity contribution in [2.45, 2.75) is 144 Å². The fraction of sp³-hybridized carbons (Fsp3) is 0.367. The molecular weight excluding hydrogens is 753 g/mol. The number of benzene rings is 7. The largest absolute Gasteiger partial charge is 0.135 e. The van der Waals surface area contributed by atoms with E-state index in [1.165, 1.54) is 108 Å². The van der Waals surface area contributed by atoms with Crippen LogP contribution in [0.1, 0.15) is 156 Å². The molecule has 0 aliphatic heterocycles. The number of hydrogen-bond donors (Lipinski definition) is 0. The maximum Gasteiger partial charge on any atom is 0.0355 e. The van der Waals surface area contributed by atoms with Crippen molar-refractivity contribution in [3.8, 4) is 33.4 Å². The van der Waals surface area contributed by atoms with Crippen LogP contribution in [0.3, 0.4) is 0 Å². The summed E-state index contributed by atoms with van der Waals surface area (Å²) >= 11 is 1.90. The van der Waals surface area contributed by atoms with Gasteiger partial charge in [-0.1, -0.05) is 184 Å². The van der Waals surface area contributed by atoms with Crippen LogP contribution in [0, 0.1) is 0 Å². The molecule has 0 saturated carbocycles. The van der Waals surface area contributed by atoms with E-state index < -0.39 is 0 Å². The number of fused-ring (bicyclic) bond motifs is 5. The van der Waals surface area contributed by atoms with Crippen molar-refractivity contribution in [1.29, 1.82) is 0 Å². The summed E-state index contributed by atoms with van der Waals surface area (Å²) in [6, 6.07) is 43.4. The Bertz CT molecular complexity index is 2920. The molecule has 0 amide bonds. The van der Waals surface area contributed by atoms with Gasteiger partial charge in [0.2, 0.25) is 0 Å². The zero-order chi connectivity index (χ0) is 44.1. The van der Waals surface area contributed by atoms with Crippen LogP contribution < -0.4 is 0 Å². The van der Waals surface area contributed by atoms with Gasteiger partial charge >= 0.3 is 0 Å². The minimum atomic E-state index is 0.0633. The van der Waals surface area contributed by atoms with Gasteiger partial charge in [-0.15, -0.1) is 11.3 Å². The van der Waals surface area contributed by atoms with E-state index in [4.69, 9.17) is 0 Å². The van der Waals surface area contributed by atoms with Gasteiger partial charge in [0.1, 0.15) is 0 Å². The molecule has 7 aromatic carbocycles. The van der Waals surface area contributed by atoms with Crippen LogP contribution in [-0.4, -0.2) is 0 Å². The van der Waals surface area contributed by atoms with Gasteiger partial charge in [0, 0.05) is 20.2 Å². The molecule has 0 aliphatic carbocycles. The van der Waals surface area contributed by atoms with E-state index in [0.29, 0.717) is 11.8 Å². The minimum Gasteiger partial charge on any atom is -0.135 e. The maximum absolute atomic E-state index is 2.51. The summed E-state index contributed by atoms with van der Waals surface area (Å²) in [5, 5.41) is 8.21. The third-order valence-electron chi connectivity index (χ3n) is 13.2. The van der Waals surface area contributed by atoms with Crippen LogP contribution in [0.4, 0.5) is 0 Å². The quantitative estimate of drug-likeness (QED) is 0.152. The summed E-state index contributed by atoms with van der Waals surface area (Å²) in [6.45, 7) is 37.4. The van der Waals surface area contributed by atoms with Crippen LogP contribution in [0.15, 0.2) is 109 Å². The molecule has 61 heavy (non-hydrogen) atoms. The van der Waals surface area contributed by atoms with Gasteiger partial charge in [0.25, 0.3) is 0 Å². The molecule has 0 spiro atoms. The number of thiophene rings is 1. The van der Waals surface area contributed by atoms with Crippen LogP contribution in [0.2, 0.25) is 0 Å². The van der Waals surface area contributed by atoms with E-state index in [1.807, 2.05) is 11.3 Å². The zero-order valence-corrected chi connectivity index (χ0v) is 40.8. The Morgan fingerprint density at radius 3 is 0.869 bits per heavy atom. The topological polar surface area (TPSA) is 0 Å². The van der Waals surface area contributed by atoms with Gasteiger partial charge in [-0.3, -0.25) is 0 Å². The van der Waals surface area contributed by atoms with Gasteiger partial charge in [0.15, 0.2) is 0 Å². The van der Waals surface area contributed by atoms with E-state index in [1.54, 1.807) is 0 Å². The van der Waals surface area contributed by atoms with Crippen LogP contribution >= 0.6 is 11.3 Å². The molecule has 0 N–H and O–H groups in total. The lowest BCUT2D eigenvalue weighted by Gasteiger charge is -2.27. The third-order valence-corrected chi connectivity index (χ3v) is 14.3. The first kappa shape index (κ1) is 42.9. The van der Waals surface area contributed by atoms with E-state index >= 15 is 0 Å². The predicted molar refractivity (Wildman–Crippen MR) is 274 cm³/mol. The Morgan fingerprint density at radius 1 is 0.295 bits per heavy atom. The van der Waals surface area contributed by atoms with Crippen molar-refractivity contribution in [1.82, 2.24) is 0 Å². The molecule has 0 saturated heterocycles. The van der Waals surface area contributed by atoms with Crippen molar-refractivity contribution in [3.05, 3.63) is 143 Å². The molecule has 314 valence electrons. The van der Waals surface area contributed by atoms with Gasteiger partial charge in [-0.2, -0.15) is 0 Å². The highest BCUT2D eigenvalue weighted by atomic mass is 32.1. The summed E-state index contributed by atoms with van der Waals surface area (Å²) < 4.78 is 2.68. The molecule has 8 aromatic rings. The van der Waals surface area contributed by atoms with Crippen LogP contribution in [-0.2, 0) is 21.7 Å². The molecule has 0 unspecified atom stereocenters. The SMILES string of the molecule is CC(C)c1c2ccc(-c3ccc4sc5ccc(-c6cc(C(C)(C)C)cc(C(C)(C)C)c6)cc5c4c3)cc2c(C(C)C)c2ccc(-c3cc(C(C)(C)C)cc(C(C)(C)C)c3)cc12. The molecule has 0 aliphatic rings. The zero-order valence-electron chi connectivity index (χ0n) is 40.0. The first-order valence-corrected chi connectivity index (χ1v) is 23.5. The molecule has 1 heteroatoms. The van der Waals surface area contributed by atoms with E-state index in [2.05, 4.69) is 220 Å². The molecule has 0 nitrogen and oxygen atoms in total. The smallest absolute Gasteiger partial charge is 0.0355 e. The molecule has 8 rings (SSSR count). The lowest BCUT2D eigenvalue weighted by Crippen LogP contribution is -2.16. The molecule has 0 fully saturated rings.